The van der Waals surface area contributed by atoms with E-state index in [0.29, 0.717) is 11.3 Å². The van der Waals surface area contributed by atoms with Crippen molar-refractivity contribution in [3.05, 3.63) is 75.8 Å². The molecule has 2 amide bonds. The Balaban J connectivity index is 1.84. The van der Waals surface area contributed by atoms with Crippen LogP contribution in [0.15, 0.2) is 53.3 Å². The molecule has 0 aliphatic carbocycles. The molecule has 0 fully saturated rings. The normalized spacial score (nSPS) is 10.6. The predicted octanol–water partition coefficient (Wildman–Crippen LogP) is 2.57. The minimum absolute atomic E-state index is 0.0415. The smallest absolute Gasteiger partial charge is 0.255 e. The highest BCUT2D eigenvalue weighted by molar-refractivity contribution is 5.97. The van der Waals surface area contributed by atoms with Crippen molar-refractivity contribution in [2.24, 2.45) is 7.05 Å². The Morgan fingerprint density at radius 2 is 1.85 bits per heavy atom. The lowest BCUT2D eigenvalue weighted by molar-refractivity contribution is -0.114. The molecule has 0 saturated carbocycles. The number of nitrogens with zero attached hydrogens (tertiary/aromatic N) is 1. The number of nitrogens with one attached hydrogen (secondary N) is 2. The summed E-state index contributed by atoms with van der Waals surface area (Å²) < 4.78 is 15.5. The van der Waals surface area contributed by atoms with E-state index in [9.17, 15) is 18.8 Å². The molecule has 3 aromatic rings. The minimum Gasteiger partial charge on any atom is -0.348 e. The summed E-state index contributed by atoms with van der Waals surface area (Å²) in [6.07, 6.45) is 0. The Labute approximate surface area is 154 Å². The maximum Gasteiger partial charge on any atom is 0.255 e. The van der Waals surface area contributed by atoms with Gasteiger partial charge in [0.15, 0.2) is 0 Å². The van der Waals surface area contributed by atoms with Crippen LogP contribution in [0.4, 0.5) is 10.1 Å². The zero-order valence-electron chi connectivity index (χ0n) is 14.9. The predicted molar refractivity (Wildman–Crippen MR) is 101 cm³/mol. The van der Waals surface area contributed by atoms with Crippen LogP contribution in [-0.2, 0) is 18.4 Å². The number of benzene rings is 2. The third-order valence-corrected chi connectivity index (χ3v) is 4.18. The number of para-hydroxylation sites is 1. The number of fused-ring (bicyclic) bond motifs is 1. The number of aryl methyl sites for hydroxylation is 1. The van der Waals surface area contributed by atoms with Crippen molar-refractivity contribution < 1.29 is 14.0 Å². The number of amides is 2. The first-order valence-electron chi connectivity index (χ1n) is 8.30. The molecule has 0 radical (unpaired) electrons. The quantitative estimate of drug-likeness (QED) is 0.744. The zero-order chi connectivity index (χ0) is 19.6. The summed E-state index contributed by atoms with van der Waals surface area (Å²) in [6, 6.07) is 12.8. The van der Waals surface area contributed by atoms with Gasteiger partial charge in [0, 0.05) is 31.8 Å². The van der Waals surface area contributed by atoms with Gasteiger partial charge in [-0.05, 0) is 35.7 Å². The fourth-order valence-electron chi connectivity index (χ4n) is 2.87. The number of aromatic nitrogens is 1. The molecule has 0 bridgehead atoms. The number of rotatable bonds is 4. The number of hydrogen-bond acceptors (Lipinski definition) is 3. The highest BCUT2D eigenvalue weighted by Crippen LogP contribution is 2.16. The Morgan fingerprint density at radius 1 is 1.11 bits per heavy atom. The first-order valence-corrected chi connectivity index (χ1v) is 8.30. The van der Waals surface area contributed by atoms with E-state index in [2.05, 4.69) is 10.6 Å². The van der Waals surface area contributed by atoms with Crippen LogP contribution in [0.25, 0.3) is 10.9 Å². The van der Waals surface area contributed by atoms with Crippen LogP contribution in [0.5, 0.6) is 0 Å². The van der Waals surface area contributed by atoms with Crippen LogP contribution in [-0.4, -0.2) is 16.4 Å². The molecular weight excluding hydrogens is 349 g/mol. The van der Waals surface area contributed by atoms with Gasteiger partial charge in [0.1, 0.15) is 5.82 Å². The van der Waals surface area contributed by atoms with Gasteiger partial charge in [0.05, 0.1) is 11.1 Å². The van der Waals surface area contributed by atoms with E-state index in [1.165, 1.54) is 23.6 Å². The lowest BCUT2D eigenvalue weighted by atomic mass is 10.1. The van der Waals surface area contributed by atoms with Crippen LogP contribution in [0.3, 0.4) is 0 Å². The topological polar surface area (TPSA) is 80.2 Å². The van der Waals surface area contributed by atoms with E-state index in [1.807, 2.05) is 24.3 Å². The van der Waals surface area contributed by atoms with Crippen molar-refractivity contribution in [3.63, 3.8) is 0 Å². The van der Waals surface area contributed by atoms with E-state index >= 15 is 0 Å². The molecule has 3 rings (SSSR count). The summed E-state index contributed by atoms with van der Waals surface area (Å²) in [5.74, 6) is -1.71. The average Bonchev–Trinajstić information content (AvgIpc) is 2.64. The summed E-state index contributed by atoms with van der Waals surface area (Å²) in [7, 11) is 1.66. The van der Waals surface area contributed by atoms with Gasteiger partial charge in [0.2, 0.25) is 5.91 Å². The van der Waals surface area contributed by atoms with Gasteiger partial charge >= 0.3 is 0 Å². The van der Waals surface area contributed by atoms with E-state index in [4.69, 9.17) is 0 Å². The molecule has 0 atom stereocenters. The summed E-state index contributed by atoms with van der Waals surface area (Å²) in [6.45, 7) is 1.28. The molecular formula is C20H18FN3O3. The zero-order valence-corrected chi connectivity index (χ0v) is 14.9. The van der Waals surface area contributed by atoms with Crippen LogP contribution in [0, 0.1) is 5.82 Å². The highest BCUT2D eigenvalue weighted by Gasteiger charge is 2.14. The number of carbonyl (C=O) groups excluding carboxylic acids is 2. The third-order valence-electron chi connectivity index (χ3n) is 4.18. The van der Waals surface area contributed by atoms with E-state index in [1.54, 1.807) is 13.1 Å². The Hall–Kier alpha value is -3.48. The number of carbonyl (C=O) groups is 2. The average molecular weight is 367 g/mol. The van der Waals surface area contributed by atoms with Gasteiger partial charge in [-0.2, -0.15) is 0 Å². The molecule has 0 unspecified atom stereocenters. The van der Waals surface area contributed by atoms with Crippen molar-refractivity contribution in [1.82, 2.24) is 9.88 Å². The van der Waals surface area contributed by atoms with Crippen molar-refractivity contribution in [1.29, 1.82) is 0 Å². The molecule has 6 nitrogen and oxygen atoms in total. The molecule has 2 N–H and O–H groups in total. The molecule has 27 heavy (non-hydrogen) atoms. The monoisotopic (exact) mass is 367 g/mol. The molecule has 1 aromatic heterocycles. The van der Waals surface area contributed by atoms with Crippen molar-refractivity contribution in [2.75, 3.05) is 5.32 Å². The van der Waals surface area contributed by atoms with E-state index in [-0.39, 0.29) is 23.6 Å². The first-order chi connectivity index (χ1) is 12.9. The fraction of sp³-hybridized carbons (Fsp3) is 0.150. The number of hydrogen-bond donors (Lipinski definition) is 2. The molecule has 0 aliphatic rings. The molecule has 0 saturated heterocycles. The summed E-state index contributed by atoms with van der Waals surface area (Å²) >= 11 is 0. The Kier molecular flexibility index (Phi) is 5.03. The Morgan fingerprint density at radius 3 is 2.59 bits per heavy atom. The van der Waals surface area contributed by atoms with E-state index in [0.717, 1.165) is 17.0 Å². The van der Waals surface area contributed by atoms with Crippen molar-refractivity contribution in [3.8, 4) is 0 Å². The van der Waals surface area contributed by atoms with Gasteiger partial charge in [-0.1, -0.05) is 18.2 Å². The molecule has 7 heteroatoms. The molecule has 0 spiro atoms. The minimum atomic E-state index is -0.715. The summed E-state index contributed by atoms with van der Waals surface area (Å²) in [4.78, 5) is 36.0. The summed E-state index contributed by atoms with van der Waals surface area (Å²) in [5, 5.41) is 5.93. The van der Waals surface area contributed by atoms with Crippen LogP contribution >= 0.6 is 0 Å². The lowest BCUT2D eigenvalue weighted by Gasteiger charge is -2.11. The fourth-order valence-corrected chi connectivity index (χ4v) is 2.87. The Bertz CT molecular complexity index is 1110. The molecule has 0 aliphatic heterocycles. The second kappa shape index (κ2) is 7.41. The molecule has 1 heterocycles. The van der Waals surface area contributed by atoms with Crippen molar-refractivity contribution >= 4 is 28.4 Å². The first kappa shape index (κ1) is 18.3. The lowest BCUT2D eigenvalue weighted by Crippen LogP contribution is -2.29. The van der Waals surface area contributed by atoms with Gasteiger partial charge < -0.3 is 15.2 Å². The number of pyridine rings is 1. The van der Waals surface area contributed by atoms with E-state index < -0.39 is 11.7 Å². The van der Waals surface area contributed by atoms with Crippen LogP contribution in [0.1, 0.15) is 22.8 Å². The van der Waals surface area contributed by atoms with Crippen molar-refractivity contribution in [2.45, 2.75) is 13.5 Å². The van der Waals surface area contributed by atoms with Crippen LogP contribution in [0.2, 0.25) is 0 Å². The maximum absolute atomic E-state index is 14.0. The highest BCUT2D eigenvalue weighted by atomic mass is 19.1. The third kappa shape index (κ3) is 3.87. The largest absolute Gasteiger partial charge is 0.348 e. The number of anilines is 1. The molecule has 2 aromatic carbocycles. The SMILES string of the molecule is CC(=O)Nc1ccc(F)c(C(=O)NCc2cc3ccccc3n(C)c2=O)c1. The van der Waals surface area contributed by atoms with Gasteiger partial charge in [-0.3, -0.25) is 14.4 Å². The maximum atomic E-state index is 14.0. The standard InChI is InChI=1S/C20H18FN3O3/c1-12(25)23-15-7-8-17(21)16(10-15)19(26)22-11-14-9-13-5-3-4-6-18(13)24(2)20(14)27/h3-10H,11H2,1-2H3,(H,22,26)(H,23,25). The van der Waals surface area contributed by atoms with Gasteiger partial charge in [0.25, 0.3) is 11.5 Å². The second-order valence-electron chi connectivity index (χ2n) is 6.15. The van der Waals surface area contributed by atoms with Crippen LogP contribution < -0.4 is 16.2 Å². The summed E-state index contributed by atoms with van der Waals surface area (Å²) in [5.41, 5.74) is 1.05. The van der Waals surface area contributed by atoms with Gasteiger partial charge in [-0.25, -0.2) is 4.39 Å². The molecule has 138 valence electrons. The number of halogens is 1. The second-order valence-corrected chi connectivity index (χ2v) is 6.15. The van der Waals surface area contributed by atoms with Gasteiger partial charge in [-0.15, -0.1) is 0 Å².